The number of nitrogens with two attached hydrogens (primary N) is 1. The van der Waals surface area contributed by atoms with Gasteiger partial charge in [0.1, 0.15) is 11.4 Å². The molecule has 104 valence electrons. The van der Waals surface area contributed by atoms with Crippen molar-refractivity contribution >= 4 is 5.82 Å². The van der Waals surface area contributed by atoms with Crippen molar-refractivity contribution in [3.63, 3.8) is 0 Å². The molecule has 1 aromatic heterocycles. The van der Waals surface area contributed by atoms with Gasteiger partial charge in [0.25, 0.3) is 0 Å². The van der Waals surface area contributed by atoms with Gasteiger partial charge in [-0.2, -0.15) is 0 Å². The van der Waals surface area contributed by atoms with E-state index in [4.69, 9.17) is 15.5 Å². The molecule has 0 amide bonds. The molecule has 1 fully saturated rings. The lowest BCUT2D eigenvalue weighted by Crippen LogP contribution is -2.35. The second-order valence-electron chi connectivity index (χ2n) is 6.09. The zero-order valence-corrected chi connectivity index (χ0v) is 11.9. The molecule has 2 N–H and O–H groups in total. The van der Waals surface area contributed by atoms with Gasteiger partial charge in [0, 0.05) is 18.4 Å². The molecule has 2 aliphatic carbocycles. The fourth-order valence-corrected chi connectivity index (χ4v) is 3.41. The molecule has 4 heteroatoms. The monoisotopic (exact) mass is 261 g/mol. The van der Waals surface area contributed by atoms with Gasteiger partial charge < -0.3 is 10.5 Å². The van der Waals surface area contributed by atoms with Gasteiger partial charge in [0.05, 0.1) is 0 Å². The van der Waals surface area contributed by atoms with Crippen molar-refractivity contribution in [2.24, 2.45) is 5.92 Å². The number of fused-ring (bicyclic) bond motifs is 1. The summed E-state index contributed by atoms with van der Waals surface area (Å²) in [6.45, 7) is 2.30. The number of nitrogen functional groups attached to an aromatic ring is 1. The number of rotatable bonds is 2. The lowest BCUT2D eigenvalue weighted by molar-refractivity contribution is -0.0597. The Balaban J connectivity index is 1.98. The van der Waals surface area contributed by atoms with E-state index in [1.165, 1.54) is 18.4 Å². The highest BCUT2D eigenvalue weighted by atomic mass is 16.5. The van der Waals surface area contributed by atoms with Crippen LogP contribution in [0.2, 0.25) is 0 Å². The topological polar surface area (TPSA) is 61.0 Å². The van der Waals surface area contributed by atoms with E-state index in [1.54, 1.807) is 7.11 Å². The highest BCUT2D eigenvalue weighted by Gasteiger charge is 2.39. The first-order valence-corrected chi connectivity index (χ1v) is 7.35. The van der Waals surface area contributed by atoms with Gasteiger partial charge in [-0.15, -0.1) is 0 Å². The third kappa shape index (κ3) is 2.12. The van der Waals surface area contributed by atoms with E-state index in [2.05, 4.69) is 11.9 Å². The smallest absolute Gasteiger partial charge is 0.162 e. The molecular weight excluding hydrogens is 238 g/mol. The van der Waals surface area contributed by atoms with E-state index in [-0.39, 0.29) is 5.60 Å². The molecule has 0 radical (unpaired) electrons. The maximum atomic E-state index is 6.11. The molecule has 4 nitrogen and oxygen atoms in total. The molecule has 0 aromatic carbocycles. The van der Waals surface area contributed by atoms with Crippen LogP contribution < -0.4 is 5.73 Å². The lowest BCUT2D eigenvalue weighted by Gasteiger charge is -2.37. The Morgan fingerprint density at radius 2 is 1.95 bits per heavy atom. The number of hydrogen-bond donors (Lipinski definition) is 1. The van der Waals surface area contributed by atoms with Crippen LogP contribution in [0.3, 0.4) is 0 Å². The number of anilines is 1. The fourth-order valence-electron chi connectivity index (χ4n) is 3.41. The minimum atomic E-state index is -0.307. The number of methoxy groups -OCH3 is 1. The quantitative estimate of drug-likeness (QED) is 0.889. The zero-order valence-electron chi connectivity index (χ0n) is 11.9. The summed E-state index contributed by atoms with van der Waals surface area (Å²) in [6, 6.07) is 0. The first kappa shape index (κ1) is 12.9. The molecule has 0 atom stereocenters. The number of aryl methyl sites for hydroxylation is 1. The largest absolute Gasteiger partial charge is 0.383 e. The number of nitrogens with zero attached hydrogens (tertiary/aromatic N) is 2. The van der Waals surface area contributed by atoms with Crippen LogP contribution in [-0.4, -0.2) is 17.1 Å². The number of ether oxygens (including phenoxy) is 1. The third-order valence-electron chi connectivity index (χ3n) is 4.85. The van der Waals surface area contributed by atoms with Crippen LogP contribution in [0.5, 0.6) is 0 Å². The van der Waals surface area contributed by atoms with Gasteiger partial charge in [0.2, 0.25) is 0 Å². The summed E-state index contributed by atoms with van der Waals surface area (Å²) in [6.07, 6.45) is 7.56. The minimum absolute atomic E-state index is 0.307. The lowest BCUT2D eigenvalue weighted by atomic mass is 9.79. The van der Waals surface area contributed by atoms with Crippen LogP contribution in [0.1, 0.15) is 56.1 Å². The molecule has 3 rings (SSSR count). The highest BCUT2D eigenvalue weighted by molar-refractivity contribution is 5.45. The summed E-state index contributed by atoms with van der Waals surface area (Å²) in [7, 11) is 1.78. The van der Waals surface area contributed by atoms with Crippen LogP contribution in [0.4, 0.5) is 5.82 Å². The molecule has 1 heterocycles. The molecule has 0 aliphatic heterocycles. The number of hydrogen-bond acceptors (Lipinski definition) is 4. The fraction of sp³-hybridized carbons (Fsp3) is 0.733. The second kappa shape index (κ2) is 4.75. The highest BCUT2D eigenvalue weighted by Crippen LogP contribution is 2.41. The summed E-state index contributed by atoms with van der Waals surface area (Å²) in [4.78, 5) is 9.37. The molecule has 1 aromatic rings. The second-order valence-corrected chi connectivity index (χ2v) is 6.09. The summed E-state index contributed by atoms with van der Waals surface area (Å²) < 4.78 is 5.85. The van der Waals surface area contributed by atoms with Crippen molar-refractivity contribution in [2.45, 2.75) is 57.5 Å². The van der Waals surface area contributed by atoms with Crippen LogP contribution in [0.25, 0.3) is 0 Å². The molecule has 19 heavy (non-hydrogen) atoms. The molecule has 1 saturated carbocycles. The first-order chi connectivity index (χ1) is 9.14. The molecule has 0 spiro atoms. The first-order valence-electron chi connectivity index (χ1n) is 7.35. The van der Waals surface area contributed by atoms with Gasteiger partial charge in [0.15, 0.2) is 5.82 Å². The van der Waals surface area contributed by atoms with E-state index >= 15 is 0 Å². The molecule has 0 unspecified atom stereocenters. The zero-order chi connectivity index (χ0) is 13.5. The van der Waals surface area contributed by atoms with E-state index in [0.29, 0.717) is 5.82 Å². The maximum absolute atomic E-state index is 6.11. The Kier molecular flexibility index (Phi) is 3.21. The average molecular weight is 261 g/mol. The van der Waals surface area contributed by atoms with E-state index < -0.39 is 0 Å². The Hall–Kier alpha value is -1.16. The van der Waals surface area contributed by atoms with Gasteiger partial charge >= 0.3 is 0 Å². The van der Waals surface area contributed by atoms with E-state index in [9.17, 15) is 0 Å². The van der Waals surface area contributed by atoms with Crippen LogP contribution in [0, 0.1) is 5.92 Å². The van der Waals surface area contributed by atoms with Crippen molar-refractivity contribution < 1.29 is 4.74 Å². The molecular formula is C15H23N3O. The van der Waals surface area contributed by atoms with Gasteiger partial charge in [-0.3, -0.25) is 0 Å². The van der Waals surface area contributed by atoms with Crippen molar-refractivity contribution in [1.29, 1.82) is 0 Å². The predicted octanol–water partition coefficient (Wildman–Crippen LogP) is 2.60. The number of aromatic nitrogens is 2. The van der Waals surface area contributed by atoms with Crippen LogP contribution in [-0.2, 0) is 23.2 Å². The van der Waals surface area contributed by atoms with Gasteiger partial charge in [-0.25, -0.2) is 9.97 Å². The van der Waals surface area contributed by atoms with Gasteiger partial charge in [-0.05, 0) is 50.9 Å². The molecule has 2 aliphatic rings. The van der Waals surface area contributed by atoms with Crippen LogP contribution >= 0.6 is 0 Å². The Bertz CT molecular complexity index is 479. The summed E-state index contributed by atoms with van der Waals surface area (Å²) in [5.74, 6) is 2.27. The van der Waals surface area contributed by atoms with Crippen molar-refractivity contribution in [3.8, 4) is 0 Å². The van der Waals surface area contributed by atoms with Crippen molar-refractivity contribution in [2.75, 3.05) is 12.8 Å². The normalized spacial score (nSPS) is 30.3. The van der Waals surface area contributed by atoms with Gasteiger partial charge in [-0.1, -0.05) is 6.92 Å². The summed E-state index contributed by atoms with van der Waals surface area (Å²) >= 11 is 0. The minimum Gasteiger partial charge on any atom is -0.383 e. The van der Waals surface area contributed by atoms with Crippen molar-refractivity contribution in [3.05, 3.63) is 17.1 Å². The van der Waals surface area contributed by atoms with E-state index in [1.807, 2.05) is 0 Å². The Morgan fingerprint density at radius 1 is 1.21 bits per heavy atom. The predicted molar refractivity (Wildman–Crippen MR) is 74.8 cm³/mol. The Labute approximate surface area is 114 Å². The van der Waals surface area contributed by atoms with Crippen molar-refractivity contribution in [1.82, 2.24) is 9.97 Å². The van der Waals surface area contributed by atoms with Crippen LogP contribution in [0.15, 0.2) is 0 Å². The van der Waals surface area contributed by atoms with E-state index in [0.717, 1.165) is 49.5 Å². The summed E-state index contributed by atoms with van der Waals surface area (Å²) in [5.41, 5.74) is 8.12. The maximum Gasteiger partial charge on any atom is 0.162 e. The third-order valence-corrected chi connectivity index (χ3v) is 4.85. The molecule has 0 saturated heterocycles. The standard InChI is InChI=1S/C15H23N3O/c1-10-6-8-15(19-2,9-7-10)14-17-12-5-3-4-11(12)13(16)18-14/h10H,3-9H2,1-2H3,(H2,16,17,18). The average Bonchev–Trinajstić information content (AvgIpc) is 2.89. The molecule has 0 bridgehead atoms. The Morgan fingerprint density at radius 3 is 2.63 bits per heavy atom. The summed E-state index contributed by atoms with van der Waals surface area (Å²) in [5, 5.41) is 0. The SMILES string of the molecule is COC1(c2nc(N)c3c(n2)CCC3)CCC(C)CC1.